The zero-order valence-corrected chi connectivity index (χ0v) is 21.4. The van der Waals surface area contributed by atoms with Crippen LogP contribution in [0.25, 0.3) is 0 Å². The summed E-state index contributed by atoms with van der Waals surface area (Å²) in [5.74, 6) is 1.11. The lowest BCUT2D eigenvalue weighted by atomic mass is 9.85. The summed E-state index contributed by atoms with van der Waals surface area (Å²) in [5.41, 5.74) is 4.19. The van der Waals surface area contributed by atoms with E-state index >= 15 is 0 Å². The number of carbonyl (C=O) groups excluding carboxylic acids is 2. The highest BCUT2D eigenvalue weighted by atomic mass is 32.1. The van der Waals surface area contributed by atoms with Gasteiger partial charge in [0.05, 0.1) is 24.4 Å². The third kappa shape index (κ3) is 5.82. The normalized spacial score (nSPS) is 16.2. The zero-order chi connectivity index (χ0) is 25.0. The van der Waals surface area contributed by atoms with Gasteiger partial charge < -0.3 is 19.3 Å². The van der Waals surface area contributed by atoms with Crippen LogP contribution in [0.3, 0.4) is 0 Å². The van der Waals surface area contributed by atoms with E-state index in [2.05, 4.69) is 25.8 Å². The lowest BCUT2D eigenvalue weighted by Crippen LogP contribution is -2.57. The molecule has 0 radical (unpaired) electrons. The second kappa shape index (κ2) is 10.5. The molecule has 1 aliphatic rings. The van der Waals surface area contributed by atoms with E-state index < -0.39 is 6.09 Å². The number of hydrogen-bond donors (Lipinski definition) is 0. The molecule has 1 fully saturated rings. The Morgan fingerprint density at radius 2 is 1.89 bits per heavy atom. The van der Waals surface area contributed by atoms with E-state index in [9.17, 15) is 9.59 Å². The molecule has 0 bridgehead atoms. The molecule has 1 saturated heterocycles. The summed E-state index contributed by atoms with van der Waals surface area (Å²) in [7, 11) is 1.63. The number of aromatic nitrogens is 1. The van der Waals surface area contributed by atoms with Gasteiger partial charge in [-0.2, -0.15) is 0 Å². The van der Waals surface area contributed by atoms with Crippen molar-refractivity contribution in [2.24, 2.45) is 0 Å². The van der Waals surface area contributed by atoms with Crippen LogP contribution in [-0.4, -0.2) is 59.6 Å². The number of nitrogens with zero attached hydrogens (tertiary/aromatic N) is 3. The molecule has 1 unspecified atom stereocenters. The van der Waals surface area contributed by atoms with Crippen molar-refractivity contribution in [3.8, 4) is 11.5 Å². The second-order valence-corrected chi connectivity index (χ2v) is 10.3. The van der Waals surface area contributed by atoms with Gasteiger partial charge in [-0.25, -0.2) is 9.78 Å². The van der Waals surface area contributed by atoms with Gasteiger partial charge in [0.1, 0.15) is 11.5 Å². The summed E-state index contributed by atoms with van der Waals surface area (Å²) in [6, 6.07) is 14.4. The van der Waals surface area contributed by atoms with Crippen molar-refractivity contribution in [2.75, 3.05) is 26.7 Å². The van der Waals surface area contributed by atoms with E-state index in [1.807, 2.05) is 46.7 Å². The smallest absolute Gasteiger partial charge is 0.415 e. The van der Waals surface area contributed by atoms with Crippen LogP contribution >= 0.6 is 11.3 Å². The van der Waals surface area contributed by atoms with E-state index in [0.29, 0.717) is 43.1 Å². The summed E-state index contributed by atoms with van der Waals surface area (Å²) in [6.45, 7) is 7.51. The van der Waals surface area contributed by atoms with Crippen molar-refractivity contribution >= 4 is 23.3 Å². The van der Waals surface area contributed by atoms with Gasteiger partial charge in [0.25, 0.3) is 5.91 Å². The summed E-state index contributed by atoms with van der Waals surface area (Å²) in [5, 5.41) is 1.98. The molecule has 1 aromatic heterocycles. The van der Waals surface area contributed by atoms with E-state index in [0.717, 1.165) is 11.3 Å². The van der Waals surface area contributed by atoms with Crippen LogP contribution in [0.5, 0.6) is 11.5 Å². The molecule has 0 spiro atoms. The molecule has 2 heterocycles. The largest absolute Gasteiger partial charge is 0.496 e. The molecule has 4 rings (SSSR count). The van der Waals surface area contributed by atoms with Crippen molar-refractivity contribution in [3.05, 3.63) is 76.2 Å². The minimum atomic E-state index is -0.414. The van der Waals surface area contributed by atoms with Crippen LogP contribution in [0.1, 0.15) is 42.4 Å². The van der Waals surface area contributed by atoms with Crippen LogP contribution in [0.4, 0.5) is 4.79 Å². The Hall–Kier alpha value is -3.39. The summed E-state index contributed by atoms with van der Waals surface area (Å²) in [4.78, 5) is 34.4. The molecule has 1 aliphatic heterocycles. The van der Waals surface area contributed by atoms with Gasteiger partial charge in [-0.3, -0.25) is 4.79 Å². The monoisotopic (exact) mass is 493 g/mol. The number of rotatable bonds is 5. The average molecular weight is 494 g/mol. The Labute approximate surface area is 210 Å². The molecular weight excluding hydrogens is 462 g/mol. The fraction of sp³-hybridized carbons (Fsp3) is 0.370. The first kappa shape index (κ1) is 24.7. The molecule has 7 nitrogen and oxygen atoms in total. The first-order valence-electron chi connectivity index (χ1n) is 11.6. The Kier molecular flexibility index (Phi) is 7.40. The standard InChI is InChI=1S/C27H31N3O4S/c1-27(2,3)23-11-10-19(14-24(23)33-4)25(31)30-13-12-29(16-21(30)15-20-17-35-18-28-20)26(32)34-22-8-6-5-7-9-22/h5-11,14,17-18,21H,12-13,15-16H2,1-4H3. The van der Waals surface area contributed by atoms with Crippen molar-refractivity contribution < 1.29 is 19.1 Å². The lowest BCUT2D eigenvalue weighted by Gasteiger charge is -2.41. The Bertz CT molecular complexity index is 1160. The number of piperazine rings is 1. The number of methoxy groups -OCH3 is 1. The number of hydrogen-bond acceptors (Lipinski definition) is 6. The molecule has 2 aromatic carbocycles. The number of para-hydroxylation sites is 1. The number of amides is 2. The molecule has 0 aliphatic carbocycles. The number of carbonyl (C=O) groups is 2. The third-order valence-corrected chi connectivity index (χ3v) is 6.77. The fourth-order valence-corrected chi connectivity index (χ4v) is 4.88. The molecule has 35 heavy (non-hydrogen) atoms. The maximum Gasteiger partial charge on any atom is 0.415 e. The van der Waals surface area contributed by atoms with Gasteiger partial charge in [-0.15, -0.1) is 11.3 Å². The van der Waals surface area contributed by atoms with Gasteiger partial charge in [0.15, 0.2) is 0 Å². The average Bonchev–Trinajstić information content (AvgIpc) is 3.36. The van der Waals surface area contributed by atoms with Crippen molar-refractivity contribution in [1.82, 2.24) is 14.8 Å². The molecule has 2 amide bonds. The SMILES string of the molecule is COc1cc(C(=O)N2CCN(C(=O)Oc3ccccc3)CC2Cc2cscn2)ccc1C(C)(C)C. The van der Waals surface area contributed by atoms with Gasteiger partial charge >= 0.3 is 6.09 Å². The Morgan fingerprint density at radius 3 is 2.54 bits per heavy atom. The molecule has 0 saturated carbocycles. The number of thiazole rings is 1. The molecule has 1 atom stereocenters. The van der Waals surface area contributed by atoms with Gasteiger partial charge in [-0.1, -0.05) is 45.0 Å². The van der Waals surface area contributed by atoms with E-state index in [1.165, 1.54) is 11.3 Å². The highest BCUT2D eigenvalue weighted by Gasteiger charge is 2.34. The Balaban J connectivity index is 1.55. The second-order valence-electron chi connectivity index (χ2n) is 9.63. The third-order valence-electron chi connectivity index (χ3n) is 6.13. The topological polar surface area (TPSA) is 72.0 Å². The minimum Gasteiger partial charge on any atom is -0.496 e. The maximum atomic E-state index is 13.7. The zero-order valence-electron chi connectivity index (χ0n) is 20.6. The van der Waals surface area contributed by atoms with E-state index in [4.69, 9.17) is 9.47 Å². The first-order chi connectivity index (χ1) is 16.8. The van der Waals surface area contributed by atoms with Gasteiger partial charge in [-0.05, 0) is 35.2 Å². The van der Waals surface area contributed by atoms with Crippen molar-refractivity contribution in [3.63, 3.8) is 0 Å². The summed E-state index contributed by atoms with van der Waals surface area (Å²) in [6.07, 6.45) is 0.143. The predicted octanol–water partition coefficient (Wildman–Crippen LogP) is 5.02. The van der Waals surface area contributed by atoms with Crippen molar-refractivity contribution in [1.29, 1.82) is 0 Å². The van der Waals surface area contributed by atoms with Crippen molar-refractivity contribution in [2.45, 2.75) is 38.6 Å². The maximum absolute atomic E-state index is 13.7. The highest BCUT2D eigenvalue weighted by Crippen LogP contribution is 2.32. The lowest BCUT2D eigenvalue weighted by molar-refractivity contribution is 0.0461. The number of benzene rings is 2. The van der Waals surface area contributed by atoms with Crippen LogP contribution in [0.15, 0.2) is 59.4 Å². The van der Waals surface area contributed by atoms with Crippen LogP contribution < -0.4 is 9.47 Å². The first-order valence-corrected chi connectivity index (χ1v) is 12.6. The van der Waals surface area contributed by atoms with Gasteiger partial charge in [0.2, 0.25) is 0 Å². The highest BCUT2D eigenvalue weighted by molar-refractivity contribution is 7.07. The molecule has 184 valence electrons. The summed E-state index contributed by atoms with van der Waals surface area (Å²) >= 11 is 1.52. The van der Waals surface area contributed by atoms with E-state index in [-0.39, 0.29) is 17.4 Å². The minimum absolute atomic E-state index is 0.0833. The van der Waals surface area contributed by atoms with Gasteiger partial charge in [0, 0.05) is 37.0 Å². The molecule has 8 heteroatoms. The predicted molar refractivity (Wildman–Crippen MR) is 136 cm³/mol. The van der Waals surface area contributed by atoms with Crippen LogP contribution in [0, 0.1) is 0 Å². The van der Waals surface area contributed by atoms with Crippen LogP contribution in [0.2, 0.25) is 0 Å². The Morgan fingerprint density at radius 1 is 1.11 bits per heavy atom. The number of ether oxygens (including phenoxy) is 2. The quantitative estimate of drug-likeness (QED) is 0.499. The van der Waals surface area contributed by atoms with Crippen LogP contribution in [-0.2, 0) is 11.8 Å². The fourth-order valence-electron chi connectivity index (χ4n) is 4.31. The molecule has 0 N–H and O–H groups in total. The molecule has 3 aromatic rings. The van der Waals surface area contributed by atoms with E-state index in [1.54, 1.807) is 29.7 Å². The molecular formula is C27H31N3O4S. The summed E-state index contributed by atoms with van der Waals surface area (Å²) < 4.78 is 11.2.